The van der Waals surface area contributed by atoms with Crippen LogP contribution in [0.25, 0.3) is 0 Å². The summed E-state index contributed by atoms with van der Waals surface area (Å²) in [6.45, 7) is 2.30. The quantitative estimate of drug-likeness (QED) is 0.711. The zero-order valence-electron chi connectivity index (χ0n) is 6.46. The zero-order valence-corrected chi connectivity index (χ0v) is 6.46. The minimum Gasteiger partial charge on any atom is -0.467 e. The normalized spacial score (nSPS) is 9.55. The largest absolute Gasteiger partial charge is 0.467 e. The van der Waals surface area contributed by atoms with Crippen molar-refractivity contribution < 1.29 is 9.21 Å². The molecule has 0 spiro atoms. The van der Waals surface area contributed by atoms with Gasteiger partial charge in [-0.15, -0.1) is 0 Å². The van der Waals surface area contributed by atoms with Gasteiger partial charge in [-0.05, 0) is 12.1 Å². The van der Waals surface area contributed by atoms with Gasteiger partial charge in [0.25, 0.3) is 0 Å². The van der Waals surface area contributed by atoms with Gasteiger partial charge in [-0.2, -0.15) is 0 Å². The topological polar surface area (TPSA) is 42.2 Å². The molecular formula is C8H11NO2. The first kappa shape index (κ1) is 7.85. The molecule has 0 unspecified atom stereocenters. The van der Waals surface area contributed by atoms with E-state index < -0.39 is 0 Å². The summed E-state index contributed by atoms with van der Waals surface area (Å²) < 4.78 is 5.01. The van der Waals surface area contributed by atoms with Crippen LogP contribution >= 0.6 is 0 Å². The summed E-state index contributed by atoms with van der Waals surface area (Å²) in [5.41, 5.74) is 0. The van der Waals surface area contributed by atoms with Gasteiger partial charge >= 0.3 is 0 Å². The van der Waals surface area contributed by atoms with E-state index in [2.05, 4.69) is 5.32 Å². The van der Waals surface area contributed by atoms with Crippen molar-refractivity contribution in [2.45, 2.75) is 19.9 Å². The predicted octanol–water partition coefficient (Wildman–Crippen LogP) is 1.31. The molecule has 1 rings (SSSR count). The lowest BCUT2D eigenvalue weighted by atomic mass is 10.4. The Bertz CT molecular complexity index is 216. The molecule has 0 aliphatic heterocycles. The predicted molar refractivity (Wildman–Crippen MR) is 40.8 cm³/mol. The molecular weight excluding hydrogens is 142 g/mol. The molecule has 60 valence electrons. The summed E-state index contributed by atoms with van der Waals surface area (Å²) in [4.78, 5) is 10.8. The minimum atomic E-state index is 0.0430. The molecule has 3 heteroatoms. The highest BCUT2D eigenvalue weighted by Gasteiger charge is 1.97. The molecule has 0 aromatic carbocycles. The van der Waals surface area contributed by atoms with Gasteiger partial charge in [0.2, 0.25) is 5.91 Å². The Hall–Kier alpha value is -1.25. The molecule has 1 heterocycles. The summed E-state index contributed by atoms with van der Waals surface area (Å²) in [7, 11) is 0. The highest BCUT2D eigenvalue weighted by molar-refractivity contribution is 5.75. The molecule has 0 bridgehead atoms. The lowest BCUT2D eigenvalue weighted by Gasteiger charge is -1.98. The van der Waals surface area contributed by atoms with Crippen molar-refractivity contribution in [3.63, 3.8) is 0 Å². The van der Waals surface area contributed by atoms with Crippen LogP contribution in [0.5, 0.6) is 0 Å². The van der Waals surface area contributed by atoms with E-state index in [0.717, 1.165) is 5.76 Å². The highest BCUT2D eigenvalue weighted by Crippen LogP contribution is 1.98. The summed E-state index contributed by atoms with van der Waals surface area (Å²) in [5, 5.41) is 2.70. The van der Waals surface area contributed by atoms with E-state index in [-0.39, 0.29) is 5.91 Å². The van der Waals surface area contributed by atoms with Crippen LogP contribution < -0.4 is 5.32 Å². The van der Waals surface area contributed by atoms with E-state index in [1.807, 2.05) is 13.0 Å². The maximum absolute atomic E-state index is 10.8. The molecule has 0 saturated heterocycles. The molecule has 3 nitrogen and oxygen atoms in total. The summed E-state index contributed by atoms with van der Waals surface area (Å²) in [6, 6.07) is 3.63. The first-order valence-electron chi connectivity index (χ1n) is 3.62. The van der Waals surface area contributed by atoms with Crippen molar-refractivity contribution in [3.8, 4) is 0 Å². The van der Waals surface area contributed by atoms with Crippen LogP contribution in [0.15, 0.2) is 22.8 Å². The van der Waals surface area contributed by atoms with Gasteiger partial charge in [0.15, 0.2) is 0 Å². The van der Waals surface area contributed by atoms with Gasteiger partial charge in [-0.25, -0.2) is 0 Å². The second-order valence-electron chi connectivity index (χ2n) is 2.21. The first-order valence-corrected chi connectivity index (χ1v) is 3.62. The molecule has 1 aromatic heterocycles. The molecule has 1 N–H and O–H groups in total. The first-order chi connectivity index (χ1) is 5.33. The van der Waals surface area contributed by atoms with E-state index in [4.69, 9.17) is 4.42 Å². The standard InChI is InChI=1S/C8H11NO2/c1-2-8(10)9-6-7-4-3-5-11-7/h3-5H,2,6H2,1H3,(H,9,10). The van der Waals surface area contributed by atoms with Crippen LogP contribution in [-0.2, 0) is 11.3 Å². The van der Waals surface area contributed by atoms with Crippen molar-refractivity contribution in [2.24, 2.45) is 0 Å². The number of rotatable bonds is 3. The van der Waals surface area contributed by atoms with Gasteiger partial charge < -0.3 is 9.73 Å². The number of carbonyl (C=O) groups is 1. The zero-order chi connectivity index (χ0) is 8.10. The lowest BCUT2D eigenvalue weighted by molar-refractivity contribution is -0.121. The number of hydrogen-bond donors (Lipinski definition) is 1. The van der Waals surface area contributed by atoms with Gasteiger partial charge in [0.1, 0.15) is 5.76 Å². The third-order valence-electron chi connectivity index (χ3n) is 1.36. The molecule has 1 aromatic rings. The maximum Gasteiger partial charge on any atom is 0.220 e. The highest BCUT2D eigenvalue weighted by atomic mass is 16.3. The Morgan fingerprint density at radius 3 is 3.09 bits per heavy atom. The number of carbonyl (C=O) groups excluding carboxylic acids is 1. The van der Waals surface area contributed by atoms with Crippen molar-refractivity contribution in [3.05, 3.63) is 24.2 Å². The number of amides is 1. The van der Waals surface area contributed by atoms with E-state index in [1.54, 1.807) is 12.3 Å². The Morgan fingerprint density at radius 2 is 2.55 bits per heavy atom. The van der Waals surface area contributed by atoms with Crippen molar-refractivity contribution >= 4 is 5.91 Å². The summed E-state index contributed by atoms with van der Waals surface area (Å²) in [6.07, 6.45) is 2.11. The fourth-order valence-electron chi connectivity index (χ4n) is 0.724. The Balaban J connectivity index is 2.29. The third kappa shape index (κ3) is 2.45. The average molecular weight is 153 g/mol. The molecule has 1 amide bonds. The molecule has 11 heavy (non-hydrogen) atoms. The second-order valence-corrected chi connectivity index (χ2v) is 2.21. The molecule has 0 fully saturated rings. The van der Waals surface area contributed by atoms with Crippen LogP contribution in [0, 0.1) is 0 Å². The molecule has 0 atom stereocenters. The van der Waals surface area contributed by atoms with Crippen LogP contribution in [0.1, 0.15) is 19.1 Å². The SMILES string of the molecule is CCC(=O)NCc1ccco1. The van der Waals surface area contributed by atoms with Crippen LogP contribution in [0.4, 0.5) is 0 Å². The van der Waals surface area contributed by atoms with Gasteiger partial charge in [-0.3, -0.25) is 4.79 Å². The number of nitrogens with one attached hydrogen (secondary N) is 1. The van der Waals surface area contributed by atoms with Crippen molar-refractivity contribution in [2.75, 3.05) is 0 Å². The Morgan fingerprint density at radius 1 is 1.73 bits per heavy atom. The monoisotopic (exact) mass is 153 g/mol. The van der Waals surface area contributed by atoms with Gasteiger partial charge in [0, 0.05) is 6.42 Å². The number of furan rings is 1. The lowest BCUT2D eigenvalue weighted by Crippen LogP contribution is -2.20. The van der Waals surface area contributed by atoms with Crippen molar-refractivity contribution in [1.82, 2.24) is 5.32 Å². The van der Waals surface area contributed by atoms with E-state index in [1.165, 1.54) is 0 Å². The third-order valence-corrected chi connectivity index (χ3v) is 1.36. The minimum absolute atomic E-state index is 0.0430. The van der Waals surface area contributed by atoms with E-state index >= 15 is 0 Å². The van der Waals surface area contributed by atoms with Crippen LogP contribution in [-0.4, -0.2) is 5.91 Å². The van der Waals surface area contributed by atoms with Crippen LogP contribution in [0.2, 0.25) is 0 Å². The van der Waals surface area contributed by atoms with E-state index in [0.29, 0.717) is 13.0 Å². The smallest absolute Gasteiger partial charge is 0.220 e. The van der Waals surface area contributed by atoms with Crippen molar-refractivity contribution in [1.29, 1.82) is 0 Å². The number of hydrogen-bond acceptors (Lipinski definition) is 2. The summed E-state index contributed by atoms with van der Waals surface area (Å²) >= 11 is 0. The van der Waals surface area contributed by atoms with Crippen LogP contribution in [0.3, 0.4) is 0 Å². The molecule has 0 aliphatic rings. The van der Waals surface area contributed by atoms with E-state index in [9.17, 15) is 4.79 Å². The Kier molecular flexibility index (Phi) is 2.72. The van der Waals surface area contributed by atoms with Gasteiger partial charge in [0.05, 0.1) is 12.8 Å². The fraction of sp³-hybridized carbons (Fsp3) is 0.375. The van der Waals surface area contributed by atoms with Gasteiger partial charge in [-0.1, -0.05) is 6.92 Å². The average Bonchev–Trinajstić information content (AvgIpc) is 2.52. The Labute approximate surface area is 65.4 Å². The maximum atomic E-state index is 10.8. The second kappa shape index (κ2) is 3.81. The molecule has 0 saturated carbocycles. The molecule has 0 radical (unpaired) electrons. The summed E-state index contributed by atoms with van der Waals surface area (Å²) in [5.74, 6) is 0.827. The molecule has 0 aliphatic carbocycles. The fourth-order valence-corrected chi connectivity index (χ4v) is 0.724.